The number of amides is 1. The summed E-state index contributed by atoms with van der Waals surface area (Å²) in [6, 6.07) is 15.4. The molecule has 1 heterocycles. The van der Waals surface area contributed by atoms with Gasteiger partial charge >= 0.3 is 0 Å². The van der Waals surface area contributed by atoms with E-state index in [1.807, 2.05) is 66.2 Å². The molecule has 0 unspecified atom stereocenters. The van der Waals surface area contributed by atoms with Crippen LogP contribution in [0.1, 0.15) is 5.56 Å². The van der Waals surface area contributed by atoms with Gasteiger partial charge in [-0.15, -0.1) is 0 Å². The second kappa shape index (κ2) is 7.90. The van der Waals surface area contributed by atoms with Gasteiger partial charge in [-0.1, -0.05) is 41.6 Å². The predicted octanol–water partition coefficient (Wildman–Crippen LogP) is 3.92. The van der Waals surface area contributed by atoms with Gasteiger partial charge in [0.1, 0.15) is 5.75 Å². The van der Waals surface area contributed by atoms with Crippen molar-refractivity contribution in [2.24, 2.45) is 0 Å². The lowest BCUT2D eigenvalue weighted by Gasteiger charge is -2.11. The van der Waals surface area contributed by atoms with Gasteiger partial charge in [-0.3, -0.25) is 9.36 Å². The molecule has 1 aromatic heterocycles. The van der Waals surface area contributed by atoms with Gasteiger partial charge in [0.05, 0.1) is 18.6 Å². The van der Waals surface area contributed by atoms with Gasteiger partial charge in [-0.05, 0) is 31.2 Å². The molecule has 0 fully saturated rings. The summed E-state index contributed by atoms with van der Waals surface area (Å²) >= 11 is 1.38. The van der Waals surface area contributed by atoms with Crippen molar-refractivity contribution in [3.05, 3.63) is 66.5 Å². The topological polar surface area (TPSA) is 56.2 Å². The van der Waals surface area contributed by atoms with Gasteiger partial charge in [-0.2, -0.15) is 0 Å². The molecular formula is C19H19N3O2S. The van der Waals surface area contributed by atoms with Crippen LogP contribution in [0.5, 0.6) is 5.75 Å². The van der Waals surface area contributed by atoms with Crippen molar-refractivity contribution in [3.8, 4) is 11.4 Å². The molecule has 25 heavy (non-hydrogen) atoms. The molecule has 3 aromatic rings. The number of aromatic nitrogens is 2. The van der Waals surface area contributed by atoms with Crippen LogP contribution < -0.4 is 10.1 Å². The molecule has 0 aliphatic heterocycles. The molecular weight excluding hydrogens is 334 g/mol. The van der Waals surface area contributed by atoms with E-state index in [9.17, 15) is 4.79 Å². The molecule has 1 amide bonds. The summed E-state index contributed by atoms with van der Waals surface area (Å²) in [5.41, 5.74) is 2.85. The number of thioether (sulfide) groups is 1. The number of anilines is 1. The maximum absolute atomic E-state index is 12.2. The maximum atomic E-state index is 12.2. The number of ether oxygens (including phenoxy) is 1. The lowest BCUT2D eigenvalue weighted by atomic mass is 10.2. The number of aryl methyl sites for hydroxylation is 1. The Morgan fingerprint density at radius 1 is 1.20 bits per heavy atom. The lowest BCUT2D eigenvalue weighted by molar-refractivity contribution is -0.113. The standard InChI is InChI=1S/C19H19N3O2S/c1-14-7-9-15(10-8-14)21-18(23)13-25-19-20-11-12-22(19)16-5-3-4-6-17(16)24-2/h3-12H,13H2,1-2H3,(H,21,23). The van der Waals surface area contributed by atoms with Crippen LogP contribution in [0.3, 0.4) is 0 Å². The van der Waals surface area contributed by atoms with E-state index in [1.165, 1.54) is 11.8 Å². The summed E-state index contributed by atoms with van der Waals surface area (Å²) in [5.74, 6) is 0.968. The van der Waals surface area contributed by atoms with E-state index < -0.39 is 0 Å². The fourth-order valence-electron chi connectivity index (χ4n) is 2.37. The van der Waals surface area contributed by atoms with Crippen LogP contribution in [0.15, 0.2) is 66.1 Å². The van der Waals surface area contributed by atoms with Gasteiger partial charge in [0, 0.05) is 18.1 Å². The smallest absolute Gasteiger partial charge is 0.234 e. The Bertz CT molecular complexity index is 859. The zero-order valence-corrected chi connectivity index (χ0v) is 14.9. The number of hydrogen-bond donors (Lipinski definition) is 1. The molecule has 0 saturated carbocycles. The van der Waals surface area contributed by atoms with Crippen LogP contribution >= 0.6 is 11.8 Å². The minimum absolute atomic E-state index is 0.0663. The first-order chi connectivity index (χ1) is 12.2. The highest BCUT2D eigenvalue weighted by Gasteiger charge is 2.12. The highest BCUT2D eigenvalue weighted by Crippen LogP contribution is 2.27. The Morgan fingerprint density at radius 2 is 1.96 bits per heavy atom. The maximum Gasteiger partial charge on any atom is 0.234 e. The van der Waals surface area contributed by atoms with Crippen LogP contribution in [-0.4, -0.2) is 28.3 Å². The number of nitrogens with zero attached hydrogens (tertiary/aromatic N) is 2. The number of nitrogens with one attached hydrogen (secondary N) is 1. The number of carbonyl (C=O) groups is 1. The molecule has 3 rings (SSSR count). The summed E-state index contributed by atoms with van der Waals surface area (Å²) in [6.07, 6.45) is 3.57. The molecule has 0 bridgehead atoms. The van der Waals surface area contributed by atoms with Crippen LogP contribution in [0.25, 0.3) is 5.69 Å². The van der Waals surface area contributed by atoms with Crippen LogP contribution in [0, 0.1) is 6.92 Å². The number of rotatable bonds is 6. The molecule has 0 spiro atoms. The van der Waals surface area contributed by atoms with E-state index in [-0.39, 0.29) is 11.7 Å². The molecule has 6 heteroatoms. The third kappa shape index (κ3) is 4.22. The normalized spacial score (nSPS) is 10.5. The molecule has 0 atom stereocenters. The van der Waals surface area contributed by atoms with Crippen molar-refractivity contribution in [1.82, 2.24) is 9.55 Å². The van der Waals surface area contributed by atoms with Crippen molar-refractivity contribution in [3.63, 3.8) is 0 Å². The van der Waals surface area contributed by atoms with Crippen LogP contribution in [0.2, 0.25) is 0 Å². The lowest BCUT2D eigenvalue weighted by Crippen LogP contribution is -2.14. The Labute approximate surface area is 151 Å². The molecule has 0 saturated heterocycles. The first-order valence-electron chi connectivity index (χ1n) is 7.83. The van der Waals surface area contributed by atoms with Crippen LogP contribution in [0.4, 0.5) is 5.69 Å². The molecule has 0 aliphatic rings. The minimum Gasteiger partial charge on any atom is -0.495 e. The number of imidazole rings is 1. The van der Waals surface area contributed by atoms with E-state index in [1.54, 1.807) is 13.3 Å². The average molecular weight is 353 g/mol. The van der Waals surface area contributed by atoms with E-state index >= 15 is 0 Å². The fraction of sp³-hybridized carbons (Fsp3) is 0.158. The molecule has 0 radical (unpaired) electrons. The molecule has 0 aliphatic carbocycles. The third-order valence-electron chi connectivity index (χ3n) is 3.62. The molecule has 128 valence electrons. The highest BCUT2D eigenvalue weighted by atomic mass is 32.2. The monoisotopic (exact) mass is 353 g/mol. The fourth-order valence-corrected chi connectivity index (χ4v) is 3.14. The van der Waals surface area contributed by atoms with Gasteiger partial charge in [0.25, 0.3) is 0 Å². The quantitative estimate of drug-likeness (QED) is 0.683. The van der Waals surface area contributed by atoms with E-state index in [0.717, 1.165) is 27.8 Å². The second-order valence-electron chi connectivity index (χ2n) is 5.45. The SMILES string of the molecule is COc1ccccc1-n1ccnc1SCC(=O)Nc1ccc(C)cc1. The van der Waals surface area contributed by atoms with Crippen molar-refractivity contribution < 1.29 is 9.53 Å². The first kappa shape index (κ1) is 17.1. The number of para-hydroxylation sites is 2. The summed E-state index contributed by atoms with van der Waals surface area (Å²) in [5, 5.41) is 3.63. The predicted molar refractivity (Wildman–Crippen MR) is 101 cm³/mol. The first-order valence-corrected chi connectivity index (χ1v) is 8.82. The Kier molecular flexibility index (Phi) is 5.40. The van der Waals surface area contributed by atoms with Crippen LogP contribution in [-0.2, 0) is 4.79 Å². The van der Waals surface area contributed by atoms with E-state index in [2.05, 4.69) is 10.3 Å². The van der Waals surface area contributed by atoms with Gasteiger partial charge < -0.3 is 10.1 Å². The Balaban J connectivity index is 1.67. The molecule has 1 N–H and O–H groups in total. The summed E-state index contributed by atoms with van der Waals surface area (Å²) in [6.45, 7) is 2.01. The average Bonchev–Trinajstić information content (AvgIpc) is 3.10. The van der Waals surface area contributed by atoms with Gasteiger partial charge in [-0.25, -0.2) is 4.98 Å². The van der Waals surface area contributed by atoms with Gasteiger partial charge in [0.15, 0.2) is 5.16 Å². The minimum atomic E-state index is -0.0663. The zero-order chi connectivity index (χ0) is 17.6. The Morgan fingerprint density at radius 3 is 2.72 bits per heavy atom. The zero-order valence-electron chi connectivity index (χ0n) is 14.1. The van der Waals surface area contributed by atoms with E-state index in [0.29, 0.717) is 0 Å². The second-order valence-corrected chi connectivity index (χ2v) is 6.40. The van der Waals surface area contributed by atoms with E-state index in [4.69, 9.17) is 4.74 Å². The molecule has 2 aromatic carbocycles. The van der Waals surface area contributed by atoms with Crippen molar-refractivity contribution in [1.29, 1.82) is 0 Å². The summed E-state index contributed by atoms with van der Waals surface area (Å²) < 4.78 is 7.32. The number of carbonyl (C=O) groups excluding carboxylic acids is 1. The van der Waals surface area contributed by atoms with Crippen molar-refractivity contribution >= 4 is 23.4 Å². The highest BCUT2D eigenvalue weighted by molar-refractivity contribution is 7.99. The third-order valence-corrected chi connectivity index (χ3v) is 4.59. The Hall–Kier alpha value is -2.73. The number of methoxy groups -OCH3 is 1. The largest absolute Gasteiger partial charge is 0.495 e. The van der Waals surface area contributed by atoms with Crippen molar-refractivity contribution in [2.45, 2.75) is 12.1 Å². The summed E-state index contributed by atoms with van der Waals surface area (Å²) in [4.78, 5) is 16.5. The number of benzene rings is 2. The summed E-state index contributed by atoms with van der Waals surface area (Å²) in [7, 11) is 1.64. The number of hydrogen-bond acceptors (Lipinski definition) is 4. The molecule has 5 nitrogen and oxygen atoms in total. The van der Waals surface area contributed by atoms with Gasteiger partial charge in [0.2, 0.25) is 5.91 Å². The van der Waals surface area contributed by atoms with Crippen molar-refractivity contribution in [2.75, 3.05) is 18.2 Å².